The van der Waals surface area contributed by atoms with Gasteiger partial charge in [-0.25, -0.2) is 4.39 Å². The number of benzene rings is 1. The van der Waals surface area contributed by atoms with Gasteiger partial charge >= 0.3 is 0 Å². The first kappa shape index (κ1) is 12.2. The van der Waals surface area contributed by atoms with E-state index in [1.165, 1.54) is 12.1 Å². The summed E-state index contributed by atoms with van der Waals surface area (Å²) in [6.07, 6.45) is 1.52. The monoisotopic (exact) mass is 210 g/mol. The van der Waals surface area contributed by atoms with Gasteiger partial charge in [-0.15, -0.1) is 0 Å². The molecule has 2 rings (SSSR count). The molecule has 0 atom stereocenters. The molecule has 1 aliphatic rings. The molecule has 15 heavy (non-hydrogen) atoms. The molecule has 84 valence electrons. The Morgan fingerprint density at radius 3 is 2.20 bits per heavy atom. The van der Waals surface area contributed by atoms with Crippen molar-refractivity contribution in [3.8, 4) is 0 Å². The third-order valence-electron chi connectivity index (χ3n) is 2.86. The molecule has 1 N–H and O–H groups in total. The molecule has 1 aliphatic carbocycles. The number of halogens is 1. The second-order valence-corrected chi connectivity index (χ2v) is 3.93. The SMILES string of the molecule is CC.Cc1cc(F)cc(C2(O)CC2)c1C. The summed E-state index contributed by atoms with van der Waals surface area (Å²) >= 11 is 0. The summed E-state index contributed by atoms with van der Waals surface area (Å²) in [7, 11) is 0. The molecule has 1 saturated carbocycles. The van der Waals surface area contributed by atoms with Crippen molar-refractivity contribution in [2.75, 3.05) is 0 Å². The molecular weight excluding hydrogens is 191 g/mol. The van der Waals surface area contributed by atoms with E-state index < -0.39 is 5.60 Å². The van der Waals surface area contributed by atoms with Gasteiger partial charge in [-0.05, 0) is 55.5 Å². The van der Waals surface area contributed by atoms with Crippen LogP contribution in [0, 0.1) is 19.7 Å². The highest BCUT2D eigenvalue weighted by atomic mass is 19.1. The van der Waals surface area contributed by atoms with Crippen molar-refractivity contribution in [1.29, 1.82) is 0 Å². The van der Waals surface area contributed by atoms with Crippen molar-refractivity contribution in [1.82, 2.24) is 0 Å². The second-order valence-electron chi connectivity index (χ2n) is 3.93. The number of hydrogen-bond donors (Lipinski definition) is 1. The third kappa shape index (κ3) is 2.37. The van der Waals surface area contributed by atoms with Crippen LogP contribution in [0.3, 0.4) is 0 Å². The van der Waals surface area contributed by atoms with Gasteiger partial charge in [0.05, 0.1) is 5.60 Å². The van der Waals surface area contributed by atoms with Gasteiger partial charge in [0.25, 0.3) is 0 Å². The Labute approximate surface area is 90.9 Å². The summed E-state index contributed by atoms with van der Waals surface area (Å²) in [5, 5.41) is 9.86. The van der Waals surface area contributed by atoms with Crippen molar-refractivity contribution in [2.24, 2.45) is 0 Å². The van der Waals surface area contributed by atoms with Crippen molar-refractivity contribution >= 4 is 0 Å². The van der Waals surface area contributed by atoms with E-state index in [4.69, 9.17) is 0 Å². The first-order chi connectivity index (χ1) is 7.03. The van der Waals surface area contributed by atoms with Crippen molar-refractivity contribution in [3.63, 3.8) is 0 Å². The maximum absolute atomic E-state index is 13.1. The van der Waals surface area contributed by atoms with E-state index in [1.807, 2.05) is 27.7 Å². The molecule has 0 aliphatic heterocycles. The molecule has 0 amide bonds. The van der Waals surface area contributed by atoms with Crippen molar-refractivity contribution < 1.29 is 9.50 Å². The van der Waals surface area contributed by atoms with E-state index in [-0.39, 0.29) is 5.82 Å². The van der Waals surface area contributed by atoms with Crippen molar-refractivity contribution in [2.45, 2.75) is 46.1 Å². The number of aliphatic hydroxyl groups is 1. The number of aryl methyl sites for hydroxylation is 1. The standard InChI is InChI=1S/C11H13FO.C2H6/c1-7-5-9(12)6-10(8(7)2)11(13)3-4-11;1-2/h5-6,13H,3-4H2,1-2H3;1-2H3. The summed E-state index contributed by atoms with van der Waals surface area (Å²) in [6.45, 7) is 7.80. The van der Waals surface area contributed by atoms with E-state index in [1.54, 1.807) is 0 Å². The molecule has 0 aromatic heterocycles. The van der Waals surface area contributed by atoms with Crippen LogP contribution in [0.25, 0.3) is 0 Å². The Bertz CT molecular complexity index is 354. The van der Waals surface area contributed by atoms with Crippen LogP contribution in [-0.4, -0.2) is 5.11 Å². The van der Waals surface area contributed by atoms with Gasteiger partial charge < -0.3 is 5.11 Å². The quantitative estimate of drug-likeness (QED) is 0.752. The van der Waals surface area contributed by atoms with Crippen LogP contribution in [0.4, 0.5) is 4.39 Å². The molecule has 1 aromatic rings. The summed E-state index contributed by atoms with van der Waals surface area (Å²) in [5.74, 6) is -0.251. The molecule has 2 heteroatoms. The van der Waals surface area contributed by atoms with Gasteiger partial charge in [-0.2, -0.15) is 0 Å². The summed E-state index contributed by atoms with van der Waals surface area (Å²) in [6, 6.07) is 2.96. The molecule has 1 nitrogen and oxygen atoms in total. The van der Waals surface area contributed by atoms with Gasteiger partial charge in [-0.1, -0.05) is 13.8 Å². The van der Waals surface area contributed by atoms with E-state index in [0.29, 0.717) is 0 Å². The Morgan fingerprint density at radius 1 is 1.20 bits per heavy atom. The Hall–Kier alpha value is -0.890. The largest absolute Gasteiger partial charge is 0.385 e. The van der Waals surface area contributed by atoms with E-state index >= 15 is 0 Å². The molecular formula is C13H19FO. The fourth-order valence-corrected chi connectivity index (χ4v) is 1.69. The zero-order valence-corrected chi connectivity index (χ0v) is 9.89. The van der Waals surface area contributed by atoms with Crippen molar-refractivity contribution in [3.05, 3.63) is 34.6 Å². The normalized spacial score (nSPS) is 16.7. The Balaban J connectivity index is 0.000000531. The van der Waals surface area contributed by atoms with Gasteiger partial charge in [0.1, 0.15) is 5.82 Å². The van der Waals surface area contributed by atoms with Crippen LogP contribution in [-0.2, 0) is 5.60 Å². The number of rotatable bonds is 1. The van der Waals surface area contributed by atoms with Crippen LogP contribution in [0.2, 0.25) is 0 Å². The smallest absolute Gasteiger partial charge is 0.123 e. The fraction of sp³-hybridized carbons (Fsp3) is 0.538. The lowest BCUT2D eigenvalue weighted by Crippen LogP contribution is -2.08. The van der Waals surface area contributed by atoms with Crippen LogP contribution in [0.1, 0.15) is 43.4 Å². The molecule has 0 heterocycles. The minimum absolute atomic E-state index is 0.251. The summed E-state index contributed by atoms with van der Waals surface area (Å²) in [4.78, 5) is 0. The maximum Gasteiger partial charge on any atom is 0.123 e. The van der Waals surface area contributed by atoms with Gasteiger partial charge in [0, 0.05) is 0 Å². The molecule has 0 radical (unpaired) electrons. The predicted molar refractivity (Wildman–Crippen MR) is 60.4 cm³/mol. The van der Waals surface area contributed by atoms with E-state index in [2.05, 4.69) is 0 Å². The highest BCUT2D eigenvalue weighted by Gasteiger charge is 2.43. The zero-order chi connectivity index (χ0) is 11.6. The number of hydrogen-bond acceptors (Lipinski definition) is 1. The lowest BCUT2D eigenvalue weighted by Gasteiger charge is -2.13. The molecule has 0 spiro atoms. The second kappa shape index (κ2) is 4.31. The molecule has 0 saturated heterocycles. The summed E-state index contributed by atoms with van der Waals surface area (Å²) < 4.78 is 13.1. The molecule has 1 fully saturated rings. The maximum atomic E-state index is 13.1. The summed E-state index contributed by atoms with van der Waals surface area (Å²) in [5.41, 5.74) is 1.97. The predicted octanol–water partition coefficient (Wildman–Crippen LogP) is 3.45. The van der Waals surface area contributed by atoms with E-state index in [0.717, 1.165) is 29.5 Å². The minimum atomic E-state index is -0.725. The average Bonchev–Trinajstić information content (AvgIpc) is 2.94. The third-order valence-corrected chi connectivity index (χ3v) is 2.86. The highest BCUT2D eigenvalue weighted by molar-refractivity contribution is 5.40. The fourth-order valence-electron chi connectivity index (χ4n) is 1.69. The first-order valence-electron chi connectivity index (χ1n) is 5.52. The molecule has 0 bridgehead atoms. The lowest BCUT2D eigenvalue weighted by molar-refractivity contribution is 0.150. The first-order valence-corrected chi connectivity index (χ1v) is 5.52. The molecule has 0 unspecified atom stereocenters. The molecule has 1 aromatic carbocycles. The average molecular weight is 210 g/mol. The van der Waals surface area contributed by atoms with Gasteiger partial charge in [0.15, 0.2) is 0 Å². The van der Waals surface area contributed by atoms with Crippen LogP contribution >= 0.6 is 0 Å². The zero-order valence-electron chi connectivity index (χ0n) is 9.89. The topological polar surface area (TPSA) is 20.2 Å². The van der Waals surface area contributed by atoms with Gasteiger partial charge in [-0.3, -0.25) is 0 Å². The Kier molecular flexibility index (Phi) is 3.50. The lowest BCUT2D eigenvalue weighted by atomic mass is 9.97. The van der Waals surface area contributed by atoms with Crippen LogP contribution < -0.4 is 0 Å². The van der Waals surface area contributed by atoms with E-state index in [9.17, 15) is 9.50 Å². The highest BCUT2D eigenvalue weighted by Crippen LogP contribution is 2.47. The van der Waals surface area contributed by atoms with Gasteiger partial charge in [0.2, 0.25) is 0 Å². The minimum Gasteiger partial charge on any atom is -0.385 e. The Morgan fingerprint density at radius 2 is 1.73 bits per heavy atom. The van der Waals surface area contributed by atoms with Crippen LogP contribution in [0.5, 0.6) is 0 Å². The van der Waals surface area contributed by atoms with Crippen LogP contribution in [0.15, 0.2) is 12.1 Å².